The highest BCUT2D eigenvalue weighted by atomic mass is 32.1. The van der Waals surface area contributed by atoms with E-state index in [9.17, 15) is 0 Å². The largest absolute Gasteiger partial charge is 0.372 e. The molecule has 5 nitrogen and oxygen atoms in total. The third kappa shape index (κ3) is 2.29. The highest BCUT2D eigenvalue weighted by Gasteiger charge is 2.37. The van der Waals surface area contributed by atoms with Crippen molar-refractivity contribution in [1.29, 1.82) is 0 Å². The summed E-state index contributed by atoms with van der Waals surface area (Å²) < 4.78 is 5.97. The minimum Gasteiger partial charge on any atom is -0.372 e. The average Bonchev–Trinajstić information content (AvgIpc) is 2.78. The summed E-state index contributed by atoms with van der Waals surface area (Å²) in [4.78, 5) is 2.33. The highest BCUT2D eigenvalue weighted by molar-refractivity contribution is 7.15. The van der Waals surface area contributed by atoms with Crippen LogP contribution in [0.15, 0.2) is 0 Å². The maximum Gasteiger partial charge on any atom is 0.208 e. The number of hydrogen-bond acceptors (Lipinski definition) is 6. The summed E-state index contributed by atoms with van der Waals surface area (Å²) in [5.74, 6) is 0. The van der Waals surface area contributed by atoms with Gasteiger partial charge in [-0.1, -0.05) is 11.3 Å². The van der Waals surface area contributed by atoms with Crippen molar-refractivity contribution in [3.63, 3.8) is 0 Å². The summed E-state index contributed by atoms with van der Waals surface area (Å²) >= 11 is 1.68. The summed E-state index contributed by atoms with van der Waals surface area (Å²) in [7, 11) is 0. The van der Waals surface area contributed by atoms with Gasteiger partial charge in [0, 0.05) is 26.2 Å². The Balaban J connectivity index is 1.63. The van der Waals surface area contributed by atoms with E-state index in [0.717, 1.165) is 55.8 Å². The van der Waals surface area contributed by atoms with Gasteiger partial charge in [0.25, 0.3) is 0 Å². The van der Waals surface area contributed by atoms with E-state index in [1.54, 1.807) is 11.3 Å². The fraction of sp³-hybridized carbons (Fsp3) is 0.818. The molecule has 3 heterocycles. The number of piperidine rings is 1. The first-order valence-electron chi connectivity index (χ1n) is 6.17. The van der Waals surface area contributed by atoms with Crippen LogP contribution >= 0.6 is 11.3 Å². The molecule has 1 aromatic heterocycles. The SMILES string of the molecule is Cc1nnc(N2CCC3(CC2)CNCCO3)s1. The molecule has 0 unspecified atom stereocenters. The normalized spacial score (nSPS) is 24.2. The molecule has 1 aromatic rings. The van der Waals surface area contributed by atoms with E-state index >= 15 is 0 Å². The number of morpholine rings is 1. The number of nitrogens with one attached hydrogen (secondary N) is 1. The van der Waals surface area contributed by atoms with Crippen LogP contribution in [0.2, 0.25) is 0 Å². The molecule has 6 heteroatoms. The Kier molecular flexibility index (Phi) is 3.02. The Labute approximate surface area is 105 Å². The molecule has 0 radical (unpaired) electrons. The first-order chi connectivity index (χ1) is 8.27. The lowest BCUT2D eigenvalue weighted by atomic mass is 9.90. The minimum atomic E-state index is 0.0779. The van der Waals surface area contributed by atoms with Crippen LogP contribution in [0, 0.1) is 6.92 Å². The molecule has 94 valence electrons. The minimum absolute atomic E-state index is 0.0779. The zero-order valence-electron chi connectivity index (χ0n) is 10.1. The molecule has 0 amide bonds. The summed E-state index contributed by atoms with van der Waals surface area (Å²) in [5, 5.41) is 13.8. The summed E-state index contributed by atoms with van der Waals surface area (Å²) in [6.45, 7) is 6.88. The number of aromatic nitrogens is 2. The van der Waals surface area contributed by atoms with Gasteiger partial charge < -0.3 is 15.0 Å². The van der Waals surface area contributed by atoms with Crippen molar-refractivity contribution in [2.24, 2.45) is 0 Å². The first-order valence-corrected chi connectivity index (χ1v) is 6.99. The van der Waals surface area contributed by atoms with Crippen LogP contribution in [0.3, 0.4) is 0 Å². The monoisotopic (exact) mass is 254 g/mol. The number of rotatable bonds is 1. The van der Waals surface area contributed by atoms with Crippen molar-refractivity contribution < 1.29 is 4.74 Å². The molecule has 1 N–H and O–H groups in total. The van der Waals surface area contributed by atoms with Gasteiger partial charge in [0.05, 0.1) is 12.2 Å². The van der Waals surface area contributed by atoms with Gasteiger partial charge in [0.15, 0.2) is 0 Å². The predicted octanol–water partition coefficient (Wildman–Crippen LogP) is 0.805. The summed E-state index contributed by atoms with van der Waals surface area (Å²) in [6.07, 6.45) is 2.16. The molecule has 0 bridgehead atoms. The van der Waals surface area contributed by atoms with Crippen LogP contribution in [0.25, 0.3) is 0 Å². The summed E-state index contributed by atoms with van der Waals surface area (Å²) in [6, 6.07) is 0. The van der Waals surface area contributed by atoms with E-state index in [2.05, 4.69) is 20.4 Å². The molecule has 1 spiro atoms. The van der Waals surface area contributed by atoms with Crippen LogP contribution in [-0.4, -0.2) is 48.6 Å². The van der Waals surface area contributed by atoms with E-state index in [1.165, 1.54) is 0 Å². The van der Waals surface area contributed by atoms with Crippen LogP contribution in [-0.2, 0) is 4.74 Å². The molecule has 2 aliphatic heterocycles. The molecule has 0 saturated carbocycles. The predicted molar refractivity (Wildman–Crippen MR) is 67.6 cm³/mol. The quantitative estimate of drug-likeness (QED) is 0.803. The van der Waals surface area contributed by atoms with Crippen molar-refractivity contribution in [2.45, 2.75) is 25.4 Å². The third-order valence-corrected chi connectivity index (χ3v) is 4.49. The van der Waals surface area contributed by atoms with Crippen LogP contribution in [0.5, 0.6) is 0 Å². The number of nitrogens with zero attached hydrogens (tertiary/aromatic N) is 3. The molecule has 0 aliphatic carbocycles. The Bertz CT molecular complexity index is 379. The van der Waals surface area contributed by atoms with Crippen molar-refractivity contribution in [3.05, 3.63) is 5.01 Å². The lowest BCUT2D eigenvalue weighted by Gasteiger charge is -2.43. The van der Waals surface area contributed by atoms with Crippen molar-refractivity contribution in [1.82, 2.24) is 15.5 Å². The van der Waals surface area contributed by atoms with Gasteiger partial charge in [-0.15, -0.1) is 10.2 Å². The zero-order chi connectivity index (χ0) is 11.7. The Hall–Kier alpha value is -0.720. The van der Waals surface area contributed by atoms with Crippen LogP contribution in [0.4, 0.5) is 5.13 Å². The second kappa shape index (κ2) is 4.51. The van der Waals surface area contributed by atoms with E-state index in [-0.39, 0.29) is 5.60 Å². The van der Waals surface area contributed by atoms with Crippen molar-refractivity contribution >= 4 is 16.5 Å². The molecule has 2 fully saturated rings. The van der Waals surface area contributed by atoms with Gasteiger partial charge in [-0.05, 0) is 19.8 Å². The van der Waals surface area contributed by atoms with E-state index in [4.69, 9.17) is 4.74 Å². The van der Waals surface area contributed by atoms with E-state index in [0.29, 0.717) is 0 Å². The second-order valence-electron chi connectivity index (χ2n) is 4.80. The van der Waals surface area contributed by atoms with Gasteiger partial charge in [0.2, 0.25) is 5.13 Å². The van der Waals surface area contributed by atoms with Gasteiger partial charge in [0.1, 0.15) is 5.01 Å². The number of ether oxygens (including phenoxy) is 1. The topological polar surface area (TPSA) is 50.3 Å². The smallest absolute Gasteiger partial charge is 0.208 e. The molecular weight excluding hydrogens is 236 g/mol. The fourth-order valence-corrected chi connectivity index (χ4v) is 3.29. The van der Waals surface area contributed by atoms with Gasteiger partial charge in [-0.3, -0.25) is 0 Å². The highest BCUT2D eigenvalue weighted by Crippen LogP contribution is 2.31. The van der Waals surface area contributed by atoms with Crippen molar-refractivity contribution in [3.8, 4) is 0 Å². The molecule has 3 rings (SSSR count). The maximum atomic E-state index is 5.97. The zero-order valence-corrected chi connectivity index (χ0v) is 10.9. The van der Waals surface area contributed by atoms with Gasteiger partial charge in [-0.25, -0.2) is 0 Å². The van der Waals surface area contributed by atoms with Crippen LogP contribution in [0.1, 0.15) is 17.8 Å². The molecule has 2 saturated heterocycles. The molecule has 0 aromatic carbocycles. The molecular formula is C11H18N4OS. The van der Waals surface area contributed by atoms with E-state index in [1.807, 2.05) is 6.92 Å². The van der Waals surface area contributed by atoms with Crippen LogP contribution < -0.4 is 10.2 Å². The fourth-order valence-electron chi connectivity index (χ4n) is 2.55. The standard InChI is InChI=1S/C11H18N4OS/c1-9-13-14-10(17-9)15-5-2-11(3-6-15)8-12-4-7-16-11/h12H,2-8H2,1H3. The van der Waals surface area contributed by atoms with Gasteiger partial charge >= 0.3 is 0 Å². The first kappa shape index (κ1) is 11.4. The number of anilines is 1. The lowest BCUT2D eigenvalue weighted by molar-refractivity contribution is -0.0799. The number of aryl methyl sites for hydroxylation is 1. The molecule has 0 atom stereocenters. The summed E-state index contributed by atoms with van der Waals surface area (Å²) in [5.41, 5.74) is 0.0779. The lowest BCUT2D eigenvalue weighted by Crippen LogP contribution is -2.55. The average molecular weight is 254 g/mol. The molecule has 17 heavy (non-hydrogen) atoms. The Morgan fingerprint density at radius 2 is 2.18 bits per heavy atom. The Morgan fingerprint density at radius 1 is 1.35 bits per heavy atom. The van der Waals surface area contributed by atoms with Crippen molar-refractivity contribution in [2.75, 3.05) is 37.7 Å². The van der Waals surface area contributed by atoms with Gasteiger partial charge in [-0.2, -0.15) is 0 Å². The number of hydrogen-bond donors (Lipinski definition) is 1. The van der Waals surface area contributed by atoms with E-state index < -0.39 is 0 Å². The Morgan fingerprint density at radius 3 is 2.76 bits per heavy atom. The maximum absolute atomic E-state index is 5.97. The second-order valence-corrected chi connectivity index (χ2v) is 5.96. The molecule has 2 aliphatic rings. The third-order valence-electron chi connectivity index (χ3n) is 3.59.